The summed E-state index contributed by atoms with van der Waals surface area (Å²) in [5.41, 5.74) is -0.433. The van der Waals surface area contributed by atoms with Gasteiger partial charge in [0.05, 0.1) is 6.61 Å². The van der Waals surface area contributed by atoms with Crippen molar-refractivity contribution in [3.8, 4) is 0 Å². The summed E-state index contributed by atoms with van der Waals surface area (Å²) in [5, 5.41) is 0.842. The van der Waals surface area contributed by atoms with Gasteiger partial charge in [-0.05, 0) is 27.2 Å². The van der Waals surface area contributed by atoms with Gasteiger partial charge in [0, 0.05) is 25.5 Å². The number of amides is 1. The second kappa shape index (κ2) is 7.90. The molecular formula is C11H22BrNO3. The van der Waals surface area contributed by atoms with Gasteiger partial charge in [-0.2, -0.15) is 0 Å². The molecule has 0 bridgehead atoms. The fourth-order valence-corrected chi connectivity index (χ4v) is 1.22. The predicted molar refractivity (Wildman–Crippen MR) is 68.1 cm³/mol. The lowest BCUT2D eigenvalue weighted by Gasteiger charge is -2.24. The van der Waals surface area contributed by atoms with Crippen LogP contribution in [0.4, 0.5) is 4.79 Å². The van der Waals surface area contributed by atoms with Crippen LogP contribution in [0.25, 0.3) is 0 Å². The molecule has 4 nitrogen and oxygen atoms in total. The molecule has 0 aliphatic carbocycles. The third kappa shape index (κ3) is 8.97. The first-order valence-corrected chi connectivity index (χ1v) is 6.57. The van der Waals surface area contributed by atoms with Crippen molar-refractivity contribution in [1.82, 2.24) is 4.90 Å². The van der Waals surface area contributed by atoms with Crippen LogP contribution in [0.3, 0.4) is 0 Å². The maximum Gasteiger partial charge on any atom is 0.410 e. The van der Waals surface area contributed by atoms with Crippen molar-refractivity contribution in [1.29, 1.82) is 0 Å². The minimum absolute atomic E-state index is 0.284. The molecule has 0 fully saturated rings. The number of hydrogen-bond donors (Lipinski definition) is 0. The summed E-state index contributed by atoms with van der Waals surface area (Å²) >= 11 is 3.28. The van der Waals surface area contributed by atoms with Crippen LogP contribution < -0.4 is 0 Å². The summed E-state index contributed by atoms with van der Waals surface area (Å²) in [6.07, 6.45) is 0.538. The zero-order valence-corrected chi connectivity index (χ0v) is 12.2. The van der Waals surface area contributed by atoms with E-state index in [1.165, 1.54) is 0 Å². The molecule has 0 aliphatic heterocycles. The molecule has 0 radical (unpaired) electrons. The van der Waals surface area contributed by atoms with Crippen molar-refractivity contribution in [3.63, 3.8) is 0 Å². The van der Waals surface area contributed by atoms with Crippen molar-refractivity contribution < 1.29 is 14.3 Å². The SMILES string of the molecule is CN(CCCOCCBr)C(=O)OC(C)(C)C. The number of nitrogens with zero attached hydrogens (tertiary/aromatic N) is 1. The van der Waals surface area contributed by atoms with E-state index in [2.05, 4.69) is 15.9 Å². The fraction of sp³-hybridized carbons (Fsp3) is 0.909. The number of rotatable bonds is 6. The standard InChI is InChI=1S/C11H22BrNO3/c1-11(2,3)16-10(14)13(4)7-5-8-15-9-6-12/h5-9H2,1-4H3. The molecule has 0 rings (SSSR count). The van der Waals surface area contributed by atoms with E-state index in [9.17, 15) is 4.79 Å². The predicted octanol–water partition coefficient (Wildman–Crippen LogP) is 2.65. The second-order valence-corrected chi connectivity index (χ2v) is 5.35. The third-order valence-electron chi connectivity index (χ3n) is 1.71. The van der Waals surface area contributed by atoms with Gasteiger partial charge in [0.1, 0.15) is 5.60 Å². The summed E-state index contributed by atoms with van der Waals surface area (Å²) < 4.78 is 10.5. The normalized spacial score (nSPS) is 11.3. The number of carbonyl (C=O) groups is 1. The molecule has 0 aromatic rings. The third-order valence-corrected chi connectivity index (χ3v) is 2.03. The highest BCUT2D eigenvalue weighted by Crippen LogP contribution is 2.09. The van der Waals surface area contributed by atoms with Crippen molar-refractivity contribution in [2.75, 3.05) is 32.1 Å². The number of ether oxygens (including phenoxy) is 2. The Morgan fingerprint density at radius 1 is 1.31 bits per heavy atom. The number of alkyl halides is 1. The van der Waals surface area contributed by atoms with Crippen LogP contribution in [0.15, 0.2) is 0 Å². The molecule has 96 valence electrons. The van der Waals surface area contributed by atoms with Crippen LogP contribution in [0.5, 0.6) is 0 Å². The molecule has 0 aliphatic rings. The molecule has 0 aromatic carbocycles. The number of carbonyl (C=O) groups excluding carboxylic acids is 1. The Kier molecular flexibility index (Phi) is 7.76. The summed E-state index contributed by atoms with van der Waals surface area (Å²) in [7, 11) is 1.73. The summed E-state index contributed by atoms with van der Waals surface area (Å²) in [5.74, 6) is 0. The summed E-state index contributed by atoms with van der Waals surface area (Å²) in [6.45, 7) is 7.60. The van der Waals surface area contributed by atoms with Crippen LogP contribution in [0.1, 0.15) is 27.2 Å². The van der Waals surface area contributed by atoms with E-state index >= 15 is 0 Å². The van der Waals surface area contributed by atoms with Crippen LogP contribution in [-0.4, -0.2) is 48.7 Å². The van der Waals surface area contributed by atoms with Gasteiger partial charge in [0.15, 0.2) is 0 Å². The summed E-state index contributed by atoms with van der Waals surface area (Å²) in [6, 6.07) is 0. The smallest absolute Gasteiger partial charge is 0.410 e. The van der Waals surface area contributed by atoms with Gasteiger partial charge in [-0.1, -0.05) is 15.9 Å². The van der Waals surface area contributed by atoms with Crippen LogP contribution in [0.2, 0.25) is 0 Å². The highest BCUT2D eigenvalue weighted by Gasteiger charge is 2.18. The zero-order valence-electron chi connectivity index (χ0n) is 10.6. The van der Waals surface area contributed by atoms with Gasteiger partial charge < -0.3 is 14.4 Å². The van der Waals surface area contributed by atoms with E-state index < -0.39 is 5.60 Å². The van der Waals surface area contributed by atoms with E-state index in [-0.39, 0.29) is 6.09 Å². The lowest BCUT2D eigenvalue weighted by molar-refractivity contribution is 0.0282. The minimum Gasteiger partial charge on any atom is -0.444 e. The van der Waals surface area contributed by atoms with Gasteiger partial charge in [0.2, 0.25) is 0 Å². The van der Waals surface area contributed by atoms with Crippen LogP contribution >= 0.6 is 15.9 Å². The molecule has 16 heavy (non-hydrogen) atoms. The molecule has 0 saturated heterocycles. The lowest BCUT2D eigenvalue weighted by Crippen LogP contribution is -2.35. The molecule has 5 heteroatoms. The first kappa shape index (κ1) is 15.7. The van der Waals surface area contributed by atoms with E-state index in [0.29, 0.717) is 19.8 Å². The van der Waals surface area contributed by atoms with E-state index in [0.717, 1.165) is 11.8 Å². The largest absolute Gasteiger partial charge is 0.444 e. The van der Waals surface area contributed by atoms with Crippen molar-refractivity contribution >= 4 is 22.0 Å². The molecule has 0 aromatic heterocycles. The molecular weight excluding hydrogens is 274 g/mol. The Bertz CT molecular complexity index is 204. The molecule has 0 spiro atoms. The number of hydrogen-bond acceptors (Lipinski definition) is 3. The highest BCUT2D eigenvalue weighted by molar-refractivity contribution is 9.09. The van der Waals surface area contributed by atoms with Gasteiger partial charge >= 0.3 is 6.09 Å². The fourth-order valence-electron chi connectivity index (χ4n) is 0.992. The maximum atomic E-state index is 11.5. The Labute approximate surface area is 106 Å². The topological polar surface area (TPSA) is 38.8 Å². The second-order valence-electron chi connectivity index (χ2n) is 4.56. The van der Waals surface area contributed by atoms with Crippen molar-refractivity contribution in [3.05, 3.63) is 0 Å². The van der Waals surface area contributed by atoms with Gasteiger partial charge in [0.25, 0.3) is 0 Å². The zero-order chi connectivity index (χ0) is 12.6. The van der Waals surface area contributed by atoms with Crippen LogP contribution in [-0.2, 0) is 9.47 Å². The molecule has 0 atom stereocenters. The Balaban J connectivity index is 3.64. The van der Waals surface area contributed by atoms with Gasteiger partial charge in [-0.3, -0.25) is 0 Å². The van der Waals surface area contributed by atoms with Crippen molar-refractivity contribution in [2.24, 2.45) is 0 Å². The van der Waals surface area contributed by atoms with Gasteiger partial charge in [-0.15, -0.1) is 0 Å². The first-order valence-electron chi connectivity index (χ1n) is 5.44. The molecule has 0 heterocycles. The molecule has 0 saturated carbocycles. The molecule has 0 N–H and O–H groups in total. The molecule has 0 unspecified atom stereocenters. The highest BCUT2D eigenvalue weighted by atomic mass is 79.9. The maximum absolute atomic E-state index is 11.5. The summed E-state index contributed by atoms with van der Waals surface area (Å²) in [4.78, 5) is 13.1. The Hall–Kier alpha value is -0.290. The van der Waals surface area contributed by atoms with E-state index in [1.54, 1.807) is 11.9 Å². The average Bonchev–Trinajstić information content (AvgIpc) is 2.14. The lowest BCUT2D eigenvalue weighted by atomic mass is 10.2. The van der Waals surface area contributed by atoms with Gasteiger partial charge in [-0.25, -0.2) is 4.79 Å². The Morgan fingerprint density at radius 2 is 1.94 bits per heavy atom. The monoisotopic (exact) mass is 295 g/mol. The van der Waals surface area contributed by atoms with E-state index in [1.807, 2.05) is 20.8 Å². The van der Waals surface area contributed by atoms with Crippen LogP contribution in [0, 0.1) is 0 Å². The minimum atomic E-state index is -0.433. The quantitative estimate of drug-likeness (QED) is 0.559. The molecule has 1 amide bonds. The Morgan fingerprint density at radius 3 is 2.44 bits per heavy atom. The van der Waals surface area contributed by atoms with E-state index in [4.69, 9.17) is 9.47 Å². The average molecular weight is 296 g/mol. The first-order chi connectivity index (χ1) is 7.37. The number of halogens is 1. The van der Waals surface area contributed by atoms with Crippen molar-refractivity contribution in [2.45, 2.75) is 32.8 Å².